The molecule has 0 aliphatic rings. The predicted molar refractivity (Wildman–Crippen MR) is 139 cm³/mol. The summed E-state index contributed by atoms with van der Waals surface area (Å²) in [4.78, 5) is 20.5. The van der Waals surface area contributed by atoms with Crippen LogP contribution in [0.1, 0.15) is 27.0 Å². The third kappa shape index (κ3) is 4.70. The Bertz CT molecular complexity index is 1450. The molecule has 0 radical (unpaired) electrons. The third-order valence-electron chi connectivity index (χ3n) is 5.54. The van der Waals surface area contributed by atoms with Crippen LogP contribution >= 0.6 is 11.3 Å². The summed E-state index contributed by atoms with van der Waals surface area (Å²) in [6.45, 7) is 4.57. The van der Waals surface area contributed by atoms with Gasteiger partial charge in [0.05, 0.1) is 16.8 Å². The first-order chi connectivity index (χ1) is 16.6. The highest BCUT2D eigenvalue weighted by molar-refractivity contribution is 7.22. The average Bonchev–Trinajstić information content (AvgIpc) is 3.28. The third-order valence-corrected chi connectivity index (χ3v) is 6.56. The number of aryl methyl sites for hydroxylation is 2. The number of hydrogen-bond acceptors (Lipinski definition) is 4. The van der Waals surface area contributed by atoms with Gasteiger partial charge in [0.2, 0.25) is 0 Å². The van der Waals surface area contributed by atoms with E-state index in [9.17, 15) is 4.79 Å². The lowest BCUT2D eigenvalue weighted by atomic mass is 10.1. The summed E-state index contributed by atoms with van der Waals surface area (Å²) >= 11 is 1.55. The lowest BCUT2D eigenvalue weighted by Gasteiger charge is -2.20. The van der Waals surface area contributed by atoms with Crippen LogP contribution in [-0.2, 0) is 6.54 Å². The Kier molecular flexibility index (Phi) is 6.11. The summed E-state index contributed by atoms with van der Waals surface area (Å²) in [5.74, 6) is 1.23. The van der Waals surface area contributed by atoms with Crippen LogP contribution in [0.4, 0.5) is 5.13 Å². The van der Waals surface area contributed by atoms with Crippen molar-refractivity contribution in [2.24, 2.45) is 0 Å². The van der Waals surface area contributed by atoms with Gasteiger partial charge in [-0.1, -0.05) is 72.0 Å². The maximum atomic E-state index is 13.8. The average molecular weight is 465 g/mol. The van der Waals surface area contributed by atoms with Gasteiger partial charge in [-0.15, -0.1) is 0 Å². The minimum Gasteiger partial charge on any atom is -0.457 e. The molecule has 4 nitrogen and oxygen atoms in total. The Labute approximate surface area is 203 Å². The van der Waals surface area contributed by atoms with Gasteiger partial charge in [-0.05, 0) is 66.9 Å². The molecule has 1 aromatic heterocycles. The fraction of sp³-hybridized carbons (Fsp3) is 0.103. The first kappa shape index (κ1) is 21.9. The zero-order chi connectivity index (χ0) is 23.5. The number of carbonyl (C=O) groups is 1. The Morgan fingerprint density at radius 1 is 0.853 bits per heavy atom. The largest absolute Gasteiger partial charge is 0.457 e. The van der Waals surface area contributed by atoms with Crippen LogP contribution in [0.25, 0.3) is 10.2 Å². The Hall–Kier alpha value is -3.96. The molecule has 0 saturated carbocycles. The van der Waals surface area contributed by atoms with E-state index in [1.54, 1.807) is 22.3 Å². The van der Waals surface area contributed by atoms with Crippen LogP contribution in [0.5, 0.6) is 11.5 Å². The van der Waals surface area contributed by atoms with Crippen molar-refractivity contribution in [3.63, 3.8) is 0 Å². The van der Waals surface area contributed by atoms with E-state index >= 15 is 0 Å². The zero-order valence-electron chi connectivity index (χ0n) is 19.1. The molecule has 0 N–H and O–H groups in total. The molecular formula is C29H24N2O2S. The van der Waals surface area contributed by atoms with Gasteiger partial charge in [-0.3, -0.25) is 9.69 Å². The van der Waals surface area contributed by atoms with E-state index in [-0.39, 0.29) is 5.91 Å². The predicted octanol–water partition coefficient (Wildman–Crippen LogP) is 7.55. The van der Waals surface area contributed by atoms with Gasteiger partial charge in [0, 0.05) is 5.56 Å². The topological polar surface area (TPSA) is 42.4 Å². The number of thiazole rings is 1. The van der Waals surface area contributed by atoms with E-state index < -0.39 is 0 Å². The smallest absolute Gasteiger partial charge is 0.260 e. The minimum atomic E-state index is -0.115. The molecule has 5 heteroatoms. The van der Waals surface area contributed by atoms with Crippen molar-refractivity contribution in [1.82, 2.24) is 4.98 Å². The second kappa shape index (κ2) is 9.49. The second-order valence-corrected chi connectivity index (χ2v) is 9.25. The van der Waals surface area contributed by atoms with Gasteiger partial charge in [0.1, 0.15) is 11.5 Å². The van der Waals surface area contributed by atoms with Crippen LogP contribution in [0, 0.1) is 13.8 Å². The fourth-order valence-corrected chi connectivity index (χ4v) is 5.08. The van der Waals surface area contributed by atoms with E-state index in [1.807, 2.05) is 78.9 Å². The molecule has 5 rings (SSSR count). The minimum absolute atomic E-state index is 0.115. The van der Waals surface area contributed by atoms with Crippen molar-refractivity contribution in [3.8, 4) is 11.5 Å². The van der Waals surface area contributed by atoms with Gasteiger partial charge >= 0.3 is 0 Å². The SMILES string of the molecule is Cc1cc(C)c2nc(N(Cc3ccccc3)C(=O)c3cccc(Oc4ccccc4)c3)sc2c1. The molecule has 4 aromatic carbocycles. The Morgan fingerprint density at radius 2 is 1.56 bits per heavy atom. The van der Waals surface area contributed by atoms with Crippen molar-refractivity contribution < 1.29 is 9.53 Å². The van der Waals surface area contributed by atoms with E-state index in [2.05, 4.69) is 26.0 Å². The number of carbonyl (C=O) groups excluding carboxylic acids is 1. The highest BCUT2D eigenvalue weighted by Crippen LogP contribution is 2.33. The zero-order valence-corrected chi connectivity index (χ0v) is 19.9. The molecule has 0 aliphatic heterocycles. The molecule has 5 aromatic rings. The molecular weight excluding hydrogens is 440 g/mol. The first-order valence-electron chi connectivity index (χ1n) is 11.1. The van der Waals surface area contributed by atoms with Crippen molar-refractivity contribution in [3.05, 3.63) is 119 Å². The molecule has 0 atom stereocenters. The molecule has 1 heterocycles. The number of hydrogen-bond donors (Lipinski definition) is 0. The number of rotatable bonds is 6. The molecule has 0 fully saturated rings. The first-order valence-corrected chi connectivity index (χ1v) is 11.9. The number of fused-ring (bicyclic) bond motifs is 1. The number of amides is 1. The molecule has 34 heavy (non-hydrogen) atoms. The number of para-hydroxylation sites is 1. The quantitative estimate of drug-likeness (QED) is 0.260. The van der Waals surface area contributed by atoms with Crippen molar-refractivity contribution in [2.45, 2.75) is 20.4 Å². The molecule has 0 aliphatic carbocycles. The normalized spacial score (nSPS) is 10.9. The molecule has 0 bridgehead atoms. The van der Waals surface area contributed by atoms with E-state index in [1.165, 1.54) is 5.56 Å². The van der Waals surface area contributed by atoms with Crippen molar-refractivity contribution in [2.75, 3.05) is 4.90 Å². The summed E-state index contributed by atoms with van der Waals surface area (Å²) in [5, 5.41) is 0.687. The molecule has 0 spiro atoms. The van der Waals surface area contributed by atoms with Gasteiger partial charge in [0.15, 0.2) is 5.13 Å². The summed E-state index contributed by atoms with van der Waals surface area (Å²) in [7, 11) is 0. The highest BCUT2D eigenvalue weighted by Gasteiger charge is 2.23. The lowest BCUT2D eigenvalue weighted by Crippen LogP contribution is -2.30. The fourth-order valence-electron chi connectivity index (χ4n) is 3.94. The number of benzene rings is 4. The summed E-state index contributed by atoms with van der Waals surface area (Å²) in [6.07, 6.45) is 0. The van der Waals surface area contributed by atoms with Gasteiger partial charge in [-0.25, -0.2) is 4.98 Å². The van der Waals surface area contributed by atoms with Crippen LogP contribution in [0.15, 0.2) is 97.1 Å². The Balaban J connectivity index is 1.52. The van der Waals surface area contributed by atoms with E-state index in [0.717, 1.165) is 27.1 Å². The Morgan fingerprint density at radius 3 is 2.32 bits per heavy atom. The highest BCUT2D eigenvalue weighted by atomic mass is 32.1. The summed E-state index contributed by atoms with van der Waals surface area (Å²) in [5.41, 5.74) is 4.84. The van der Waals surface area contributed by atoms with Crippen LogP contribution in [0.3, 0.4) is 0 Å². The number of nitrogens with zero attached hydrogens (tertiary/aromatic N) is 2. The van der Waals surface area contributed by atoms with Crippen LogP contribution in [0.2, 0.25) is 0 Å². The van der Waals surface area contributed by atoms with Crippen molar-refractivity contribution in [1.29, 1.82) is 0 Å². The molecule has 0 unspecified atom stereocenters. The summed E-state index contributed by atoms with van der Waals surface area (Å²) < 4.78 is 7.05. The second-order valence-electron chi connectivity index (χ2n) is 8.24. The monoisotopic (exact) mass is 464 g/mol. The van der Waals surface area contributed by atoms with E-state index in [0.29, 0.717) is 23.0 Å². The maximum Gasteiger partial charge on any atom is 0.260 e. The number of ether oxygens (including phenoxy) is 1. The van der Waals surface area contributed by atoms with Gasteiger partial charge in [0.25, 0.3) is 5.91 Å². The van der Waals surface area contributed by atoms with Crippen molar-refractivity contribution >= 4 is 32.6 Å². The lowest BCUT2D eigenvalue weighted by molar-refractivity contribution is 0.0985. The van der Waals surface area contributed by atoms with Crippen LogP contribution < -0.4 is 9.64 Å². The number of anilines is 1. The molecule has 0 saturated heterocycles. The van der Waals surface area contributed by atoms with Gasteiger partial charge < -0.3 is 4.74 Å². The maximum absolute atomic E-state index is 13.8. The molecule has 168 valence electrons. The van der Waals surface area contributed by atoms with E-state index in [4.69, 9.17) is 9.72 Å². The van der Waals surface area contributed by atoms with Gasteiger partial charge in [-0.2, -0.15) is 0 Å². The molecule has 1 amide bonds. The van der Waals surface area contributed by atoms with Crippen LogP contribution in [-0.4, -0.2) is 10.9 Å². The number of aromatic nitrogens is 1. The summed E-state index contributed by atoms with van der Waals surface area (Å²) in [6, 6.07) is 31.1. The standard InChI is InChI=1S/C29H24N2O2S/c1-20-16-21(2)27-26(17-20)34-29(30-27)31(19-22-10-5-3-6-11-22)28(32)23-12-9-15-25(18-23)33-24-13-7-4-8-14-24/h3-18H,19H2,1-2H3.